The number of nitrogens with zero attached hydrogens (tertiary/aromatic N) is 4. The van der Waals surface area contributed by atoms with E-state index < -0.39 is 0 Å². The lowest BCUT2D eigenvalue weighted by atomic mass is 10.1. The molecule has 8 nitrogen and oxygen atoms in total. The van der Waals surface area contributed by atoms with Gasteiger partial charge in [0, 0.05) is 36.5 Å². The molecule has 4 rings (SSSR count). The van der Waals surface area contributed by atoms with Crippen LogP contribution in [0.4, 0.5) is 5.82 Å². The van der Waals surface area contributed by atoms with Gasteiger partial charge in [0.25, 0.3) is 0 Å². The predicted molar refractivity (Wildman–Crippen MR) is 126 cm³/mol. The van der Waals surface area contributed by atoms with Crippen molar-refractivity contribution in [1.82, 2.24) is 19.8 Å². The van der Waals surface area contributed by atoms with Gasteiger partial charge in [0.05, 0.1) is 17.9 Å². The molecule has 0 bridgehead atoms. The lowest BCUT2D eigenvalue weighted by Crippen LogP contribution is -2.33. The van der Waals surface area contributed by atoms with E-state index in [1.165, 1.54) is 11.0 Å². The van der Waals surface area contributed by atoms with Crippen LogP contribution < -0.4 is 5.32 Å². The Morgan fingerprint density at radius 1 is 1.09 bits per heavy atom. The Morgan fingerprint density at radius 2 is 1.79 bits per heavy atom. The molecule has 0 fully saturated rings. The van der Waals surface area contributed by atoms with Crippen molar-refractivity contribution < 1.29 is 14.1 Å². The van der Waals surface area contributed by atoms with E-state index in [1.807, 2.05) is 66.9 Å². The quantitative estimate of drug-likeness (QED) is 0.439. The number of anilines is 1. The van der Waals surface area contributed by atoms with E-state index in [9.17, 15) is 9.59 Å². The fourth-order valence-corrected chi connectivity index (χ4v) is 3.23. The van der Waals surface area contributed by atoms with E-state index in [0.29, 0.717) is 11.6 Å². The van der Waals surface area contributed by atoms with Gasteiger partial charge in [-0.25, -0.2) is 4.68 Å². The van der Waals surface area contributed by atoms with Gasteiger partial charge in [-0.3, -0.25) is 9.59 Å². The maximum absolute atomic E-state index is 12.6. The molecule has 0 saturated carbocycles. The van der Waals surface area contributed by atoms with Crippen LogP contribution in [0.25, 0.3) is 23.0 Å². The molecular formula is C25H23N5O3. The van der Waals surface area contributed by atoms with Crippen molar-refractivity contribution in [3.05, 3.63) is 90.3 Å². The standard InChI is InChI=1S/C25H23N5O3/c1-18-15-22(28-33-18)26-23(31)17-29(2)24(32)14-13-20-16-30(21-11-7-4-8-12-21)27-25(20)19-9-5-3-6-10-19/h3-16H,17H2,1-2H3,(H,26,28,31)/b14-13+. The molecule has 0 aliphatic heterocycles. The van der Waals surface area contributed by atoms with Gasteiger partial charge >= 0.3 is 0 Å². The summed E-state index contributed by atoms with van der Waals surface area (Å²) >= 11 is 0. The summed E-state index contributed by atoms with van der Waals surface area (Å²) in [5, 5.41) is 11.0. The molecule has 33 heavy (non-hydrogen) atoms. The molecular weight excluding hydrogens is 418 g/mol. The van der Waals surface area contributed by atoms with Crippen LogP contribution in [0, 0.1) is 6.92 Å². The molecule has 0 aliphatic carbocycles. The molecule has 166 valence electrons. The van der Waals surface area contributed by atoms with Crippen LogP contribution in [0.1, 0.15) is 11.3 Å². The number of hydrogen-bond donors (Lipinski definition) is 1. The summed E-state index contributed by atoms with van der Waals surface area (Å²) in [7, 11) is 1.56. The second kappa shape index (κ2) is 9.78. The normalized spacial score (nSPS) is 11.0. The third kappa shape index (κ3) is 5.43. The van der Waals surface area contributed by atoms with E-state index >= 15 is 0 Å². The maximum atomic E-state index is 12.6. The van der Waals surface area contributed by atoms with E-state index in [-0.39, 0.29) is 18.4 Å². The zero-order chi connectivity index (χ0) is 23.2. The third-order valence-corrected chi connectivity index (χ3v) is 4.87. The Balaban J connectivity index is 1.50. The number of nitrogens with one attached hydrogen (secondary N) is 1. The van der Waals surface area contributed by atoms with Crippen molar-refractivity contribution in [3.8, 4) is 16.9 Å². The fraction of sp³-hybridized carbons (Fsp3) is 0.120. The Hall–Kier alpha value is -4.46. The van der Waals surface area contributed by atoms with Gasteiger partial charge in [-0.05, 0) is 25.1 Å². The van der Waals surface area contributed by atoms with Crippen molar-refractivity contribution in [2.45, 2.75) is 6.92 Å². The number of hydrogen-bond acceptors (Lipinski definition) is 5. The Kier molecular flexibility index (Phi) is 6.45. The van der Waals surface area contributed by atoms with Crippen LogP contribution >= 0.6 is 0 Å². The number of carbonyl (C=O) groups is 2. The van der Waals surface area contributed by atoms with Gasteiger partial charge in [-0.1, -0.05) is 53.7 Å². The molecule has 8 heteroatoms. The van der Waals surface area contributed by atoms with Crippen LogP contribution in [-0.4, -0.2) is 45.2 Å². The number of aryl methyl sites for hydroxylation is 1. The topological polar surface area (TPSA) is 93.3 Å². The van der Waals surface area contributed by atoms with Gasteiger partial charge in [-0.15, -0.1) is 0 Å². The summed E-state index contributed by atoms with van der Waals surface area (Å²) in [5.41, 5.74) is 3.40. The molecule has 0 spiro atoms. The zero-order valence-electron chi connectivity index (χ0n) is 18.3. The summed E-state index contributed by atoms with van der Waals surface area (Å²) in [6.07, 6.45) is 5.03. The van der Waals surface area contributed by atoms with Gasteiger partial charge < -0.3 is 14.7 Å². The lowest BCUT2D eigenvalue weighted by Gasteiger charge is -2.13. The van der Waals surface area contributed by atoms with Crippen molar-refractivity contribution in [3.63, 3.8) is 0 Å². The number of rotatable bonds is 7. The van der Waals surface area contributed by atoms with E-state index in [0.717, 1.165) is 22.5 Å². The Labute approximate surface area is 191 Å². The second-order valence-electron chi connectivity index (χ2n) is 7.48. The van der Waals surface area contributed by atoms with Crippen LogP contribution in [0.5, 0.6) is 0 Å². The molecule has 0 saturated heterocycles. The smallest absolute Gasteiger partial charge is 0.246 e. The van der Waals surface area contributed by atoms with Gasteiger partial charge in [0.2, 0.25) is 11.8 Å². The largest absolute Gasteiger partial charge is 0.360 e. The van der Waals surface area contributed by atoms with Crippen molar-refractivity contribution >= 4 is 23.7 Å². The number of benzene rings is 2. The zero-order valence-corrected chi connectivity index (χ0v) is 18.3. The first-order valence-corrected chi connectivity index (χ1v) is 10.4. The molecule has 2 aromatic heterocycles. The third-order valence-electron chi connectivity index (χ3n) is 4.87. The Morgan fingerprint density at radius 3 is 2.45 bits per heavy atom. The van der Waals surface area contributed by atoms with E-state index in [4.69, 9.17) is 9.62 Å². The number of carbonyl (C=O) groups excluding carboxylic acids is 2. The fourth-order valence-electron chi connectivity index (χ4n) is 3.23. The molecule has 0 aliphatic rings. The number of aromatic nitrogens is 3. The minimum Gasteiger partial charge on any atom is -0.360 e. The lowest BCUT2D eigenvalue weighted by molar-refractivity contribution is -0.129. The minimum absolute atomic E-state index is 0.121. The number of likely N-dealkylation sites (N-methyl/N-ethyl adjacent to an activating group) is 1. The van der Waals surface area contributed by atoms with Gasteiger partial charge in [-0.2, -0.15) is 5.10 Å². The highest BCUT2D eigenvalue weighted by Crippen LogP contribution is 2.24. The van der Waals surface area contributed by atoms with E-state index in [2.05, 4.69) is 10.5 Å². The first-order valence-electron chi connectivity index (χ1n) is 10.4. The highest BCUT2D eigenvalue weighted by atomic mass is 16.5. The van der Waals surface area contributed by atoms with Crippen LogP contribution in [0.3, 0.4) is 0 Å². The summed E-state index contributed by atoms with van der Waals surface area (Å²) in [6.45, 7) is 1.61. The summed E-state index contributed by atoms with van der Waals surface area (Å²) in [4.78, 5) is 26.1. The average Bonchev–Trinajstić information content (AvgIpc) is 3.44. The number of para-hydroxylation sites is 1. The summed E-state index contributed by atoms with van der Waals surface area (Å²) in [5.74, 6) is 0.222. The monoisotopic (exact) mass is 441 g/mol. The maximum Gasteiger partial charge on any atom is 0.246 e. The molecule has 4 aromatic rings. The van der Waals surface area contributed by atoms with Crippen LogP contribution in [0.2, 0.25) is 0 Å². The van der Waals surface area contributed by atoms with Crippen LogP contribution in [0.15, 0.2) is 83.5 Å². The van der Waals surface area contributed by atoms with Crippen molar-refractivity contribution in [2.24, 2.45) is 0 Å². The Bertz CT molecular complexity index is 1280. The highest BCUT2D eigenvalue weighted by Gasteiger charge is 2.14. The molecule has 0 unspecified atom stereocenters. The highest BCUT2D eigenvalue weighted by molar-refractivity contribution is 5.98. The molecule has 2 aromatic carbocycles. The van der Waals surface area contributed by atoms with Gasteiger partial charge in [0.1, 0.15) is 5.76 Å². The van der Waals surface area contributed by atoms with Crippen LogP contribution in [-0.2, 0) is 9.59 Å². The molecule has 0 atom stereocenters. The first kappa shape index (κ1) is 21.8. The molecule has 2 heterocycles. The average molecular weight is 441 g/mol. The summed E-state index contributed by atoms with van der Waals surface area (Å²) < 4.78 is 6.70. The molecule has 2 amide bonds. The van der Waals surface area contributed by atoms with Gasteiger partial charge in [0.15, 0.2) is 5.82 Å². The SMILES string of the molecule is Cc1cc(NC(=O)CN(C)C(=O)/C=C/c2cn(-c3ccccc3)nc2-c2ccccc2)no1. The van der Waals surface area contributed by atoms with E-state index in [1.54, 1.807) is 30.8 Å². The summed E-state index contributed by atoms with van der Waals surface area (Å²) in [6, 6.07) is 21.1. The first-order chi connectivity index (χ1) is 16.0. The minimum atomic E-state index is -0.366. The van der Waals surface area contributed by atoms with Crippen molar-refractivity contribution in [2.75, 3.05) is 18.9 Å². The number of amides is 2. The van der Waals surface area contributed by atoms with Crippen molar-refractivity contribution in [1.29, 1.82) is 0 Å². The molecule has 0 radical (unpaired) electrons. The predicted octanol–water partition coefficient (Wildman–Crippen LogP) is 3.95. The second-order valence-corrected chi connectivity index (χ2v) is 7.48. The molecule has 1 N–H and O–H groups in total.